The number of amides is 3. The van der Waals surface area contributed by atoms with E-state index in [0.717, 1.165) is 6.42 Å². The van der Waals surface area contributed by atoms with Gasteiger partial charge in [0.1, 0.15) is 0 Å². The first-order valence-electron chi connectivity index (χ1n) is 11.7. The second-order valence-electron chi connectivity index (χ2n) is 9.47. The molecular weight excluding hydrogens is 432 g/mol. The summed E-state index contributed by atoms with van der Waals surface area (Å²) in [5.74, 6) is 0.0307. The number of imide groups is 1. The number of nitrogens with zero attached hydrogens (tertiary/aromatic N) is 1. The minimum Gasteiger partial charge on any atom is -0.462 e. The van der Waals surface area contributed by atoms with E-state index in [1.54, 1.807) is 55.5 Å². The van der Waals surface area contributed by atoms with Crippen molar-refractivity contribution < 1.29 is 23.9 Å². The Kier molecular flexibility index (Phi) is 4.69. The van der Waals surface area contributed by atoms with Crippen molar-refractivity contribution in [2.24, 2.45) is 35.5 Å². The topological polar surface area (TPSA) is 92.8 Å². The highest BCUT2D eigenvalue weighted by atomic mass is 16.5. The third kappa shape index (κ3) is 3.10. The van der Waals surface area contributed by atoms with Gasteiger partial charge in [-0.25, -0.2) is 4.79 Å². The Hall–Kier alpha value is -3.74. The predicted octanol–water partition coefficient (Wildman–Crippen LogP) is 3.67. The zero-order chi connectivity index (χ0) is 23.6. The van der Waals surface area contributed by atoms with Crippen molar-refractivity contribution in [3.8, 4) is 0 Å². The number of carbonyl (C=O) groups is 4. The lowest BCUT2D eigenvalue weighted by molar-refractivity contribution is -0.124. The molecule has 6 unspecified atom stereocenters. The van der Waals surface area contributed by atoms with E-state index in [1.807, 2.05) is 0 Å². The van der Waals surface area contributed by atoms with Gasteiger partial charge < -0.3 is 10.1 Å². The Labute approximate surface area is 196 Å². The summed E-state index contributed by atoms with van der Waals surface area (Å²) in [6.45, 7) is 2.03. The summed E-state index contributed by atoms with van der Waals surface area (Å²) >= 11 is 0. The average Bonchev–Trinajstić information content (AvgIpc) is 3.63. The molecule has 2 saturated carbocycles. The largest absolute Gasteiger partial charge is 0.462 e. The minimum absolute atomic E-state index is 0.112. The highest BCUT2D eigenvalue weighted by Crippen LogP contribution is 2.65. The van der Waals surface area contributed by atoms with Crippen LogP contribution in [-0.2, 0) is 14.3 Å². The standard InChI is InChI=1S/C27H24N2O5/c1-2-34-27(33)15-3-7-16(8-4-15)28-24(30)14-5-9-17(10-6-14)29-25(31)22-18-11-12-19(21-13-20(18)21)23(22)26(29)32/h3-12,18-23H,2,13H2,1H3,(H,28,30). The van der Waals surface area contributed by atoms with Crippen LogP contribution in [0, 0.1) is 35.5 Å². The van der Waals surface area contributed by atoms with Gasteiger partial charge in [0.2, 0.25) is 11.8 Å². The van der Waals surface area contributed by atoms with Crippen molar-refractivity contribution in [2.45, 2.75) is 13.3 Å². The molecule has 1 N–H and O–H groups in total. The number of allylic oxidation sites excluding steroid dienone is 2. The molecular formula is C27H24N2O5. The third-order valence-electron chi connectivity index (χ3n) is 7.70. The van der Waals surface area contributed by atoms with Crippen molar-refractivity contribution in [3.05, 3.63) is 71.8 Å². The van der Waals surface area contributed by atoms with Gasteiger partial charge in [-0.1, -0.05) is 12.2 Å². The molecule has 7 nitrogen and oxygen atoms in total. The summed E-state index contributed by atoms with van der Waals surface area (Å²) in [7, 11) is 0. The molecule has 0 spiro atoms. The summed E-state index contributed by atoms with van der Waals surface area (Å²) in [6, 6.07) is 13.0. The van der Waals surface area contributed by atoms with Crippen LogP contribution in [0.25, 0.3) is 0 Å². The maximum absolute atomic E-state index is 13.2. The molecule has 7 rings (SSSR count). The zero-order valence-corrected chi connectivity index (χ0v) is 18.6. The van der Waals surface area contributed by atoms with Gasteiger partial charge in [0.25, 0.3) is 5.91 Å². The van der Waals surface area contributed by atoms with Crippen molar-refractivity contribution in [1.82, 2.24) is 0 Å². The normalized spacial score (nSPS) is 30.1. The number of nitrogens with one attached hydrogen (secondary N) is 1. The first-order chi connectivity index (χ1) is 16.5. The number of esters is 1. The number of hydrogen-bond acceptors (Lipinski definition) is 5. The highest BCUT2D eigenvalue weighted by Gasteiger charge is 2.67. The molecule has 3 fully saturated rings. The lowest BCUT2D eigenvalue weighted by Crippen LogP contribution is -2.40. The van der Waals surface area contributed by atoms with Gasteiger partial charge in [-0.15, -0.1) is 0 Å². The van der Waals surface area contributed by atoms with Crippen molar-refractivity contribution >= 4 is 35.1 Å². The quantitative estimate of drug-likeness (QED) is 0.421. The summed E-state index contributed by atoms with van der Waals surface area (Å²) in [6.07, 6.45) is 5.44. The number of carbonyl (C=O) groups excluding carboxylic acids is 4. The predicted molar refractivity (Wildman–Crippen MR) is 124 cm³/mol. The van der Waals surface area contributed by atoms with Gasteiger partial charge in [0.05, 0.1) is 29.7 Å². The Morgan fingerprint density at radius 1 is 0.882 bits per heavy atom. The molecule has 1 heterocycles. The Balaban J connectivity index is 1.16. The van der Waals surface area contributed by atoms with Crippen LogP contribution < -0.4 is 10.2 Å². The molecule has 2 aromatic rings. The van der Waals surface area contributed by atoms with Crippen molar-refractivity contribution in [3.63, 3.8) is 0 Å². The van der Waals surface area contributed by atoms with Crippen LogP contribution in [0.1, 0.15) is 34.1 Å². The van der Waals surface area contributed by atoms with E-state index in [0.29, 0.717) is 40.9 Å². The second kappa shape index (κ2) is 7.65. The number of rotatable bonds is 5. The minimum atomic E-state index is -0.414. The number of hydrogen-bond donors (Lipinski definition) is 1. The molecule has 5 aliphatic rings. The van der Waals surface area contributed by atoms with Crippen molar-refractivity contribution in [2.75, 3.05) is 16.8 Å². The number of ether oxygens (including phenoxy) is 1. The first-order valence-corrected chi connectivity index (χ1v) is 11.7. The van der Waals surface area contributed by atoms with Crippen LogP contribution in [-0.4, -0.2) is 30.3 Å². The third-order valence-corrected chi connectivity index (χ3v) is 7.70. The highest BCUT2D eigenvalue weighted by molar-refractivity contribution is 6.22. The molecule has 1 saturated heterocycles. The van der Waals surface area contributed by atoms with E-state index < -0.39 is 5.97 Å². The summed E-state index contributed by atoms with van der Waals surface area (Å²) in [4.78, 5) is 52.2. The fraction of sp³-hybridized carbons (Fsp3) is 0.333. The van der Waals surface area contributed by atoms with Crippen LogP contribution >= 0.6 is 0 Å². The van der Waals surface area contributed by atoms with Gasteiger partial charge in [0, 0.05) is 11.3 Å². The number of benzene rings is 2. The summed E-state index contributed by atoms with van der Waals surface area (Å²) in [5, 5.41) is 2.79. The lowest BCUT2D eigenvalue weighted by atomic mass is 9.63. The zero-order valence-electron chi connectivity index (χ0n) is 18.6. The molecule has 0 aromatic heterocycles. The molecule has 1 aliphatic heterocycles. The molecule has 3 amide bonds. The summed E-state index contributed by atoms with van der Waals surface area (Å²) < 4.78 is 4.96. The van der Waals surface area contributed by atoms with E-state index in [4.69, 9.17) is 4.74 Å². The first kappa shape index (κ1) is 20.8. The molecule has 172 valence electrons. The van der Waals surface area contributed by atoms with Crippen molar-refractivity contribution in [1.29, 1.82) is 0 Å². The molecule has 6 atom stereocenters. The fourth-order valence-electron chi connectivity index (χ4n) is 6.08. The summed E-state index contributed by atoms with van der Waals surface area (Å²) in [5.41, 5.74) is 1.86. The maximum atomic E-state index is 13.2. The molecule has 34 heavy (non-hydrogen) atoms. The monoisotopic (exact) mass is 456 g/mol. The fourth-order valence-corrected chi connectivity index (χ4v) is 6.08. The van der Waals surface area contributed by atoms with E-state index in [2.05, 4.69) is 17.5 Å². The second-order valence-corrected chi connectivity index (χ2v) is 9.47. The average molecular weight is 456 g/mol. The Morgan fingerprint density at radius 2 is 1.44 bits per heavy atom. The lowest BCUT2D eigenvalue weighted by Gasteiger charge is -2.37. The molecule has 0 radical (unpaired) electrons. The van der Waals surface area contributed by atoms with Crippen LogP contribution in [0.2, 0.25) is 0 Å². The van der Waals surface area contributed by atoms with Crippen LogP contribution in [0.3, 0.4) is 0 Å². The van der Waals surface area contributed by atoms with E-state index >= 15 is 0 Å². The van der Waals surface area contributed by atoms with E-state index in [-0.39, 0.29) is 41.4 Å². The molecule has 4 aliphatic carbocycles. The smallest absolute Gasteiger partial charge is 0.338 e. The molecule has 2 bridgehead atoms. The number of anilines is 2. The Bertz CT molecular complexity index is 1200. The SMILES string of the molecule is CCOC(=O)c1ccc(NC(=O)c2ccc(N3C(=O)C4C5C=CC(C6CC56)C4C3=O)cc2)cc1. The van der Waals surface area contributed by atoms with Gasteiger partial charge >= 0.3 is 5.97 Å². The van der Waals surface area contributed by atoms with Gasteiger partial charge in [-0.05, 0) is 85.5 Å². The van der Waals surface area contributed by atoms with E-state index in [9.17, 15) is 19.2 Å². The van der Waals surface area contributed by atoms with Gasteiger partial charge in [-0.3, -0.25) is 19.3 Å². The van der Waals surface area contributed by atoms with Gasteiger partial charge in [-0.2, -0.15) is 0 Å². The maximum Gasteiger partial charge on any atom is 0.338 e. The van der Waals surface area contributed by atoms with Crippen LogP contribution in [0.5, 0.6) is 0 Å². The van der Waals surface area contributed by atoms with E-state index in [1.165, 1.54) is 4.90 Å². The Morgan fingerprint density at radius 3 is 2.00 bits per heavy atom. The van der Waals surface area contributed by atoms with Crippen LogP contribution in [0.15, 0.2) is 60.7 Å². The molecule has 7 heteroatoms. The molecule has 2 aromatic carbocycles. The van der Waals surface area contributed by atoms with Crippen LogP contribution in [0.4, 0.5) is 11.4 Å². The van der Waals surface area contributed by atoms with Gasteiger partial charge in [0.15, 0.2) is 0 Å².